The Morgan fingerprint density at radius 1 is 1.03 bits per heavy atom. The zero-order chi connectivity index (χ0) is 23.5. The summed E-state index contributed by atoms with van der Waals surface area (Å²) in [6.45, 7) is 0.939. The summed E-state index contributed by atoms with van der Waals surface area (Å²) in [6, 6.07) is 18.2. The Bertz CT molecular complexity index is 1350. The first-order chi connectivity index (χ1) is 16.6. The molecule has 0 N–H and O–H groups in total. The van der Waals surface area contributed by atoms with Crippen molar-refractivity contribution in [3.05, 3.63) is 111 Å². The van der Waals surface area contributed by atoms with Gasteiger partial charge in [0.05, 0.1) is 37.4 Å². The van der Waals surface area contributed by atoms with E-state index in [0.29, 0.717) is 25.3 Å². The van der Waals surface area contributed by atoms with Crippen LogP contribution in [-0.4, -0.2) is 32.6 Å². The SMILES string of the molecule is O=C(C/C=C/[C@@H]1C[C@H]2C(=CCn3c(=O)n(-c4ccccc4)c(=O)n32)CO1)OCc1ccccc1. The Hall–Kier alpha value is -3.91. The molecule has 1 aromatic heterocycles. The maximum absolute atomic E-state index is 13.2. The highest BCUT2D eigenvalue weighted by Gasteiger charge is 2.33. The molecule has 34 heavy (non-hydrogen) atoms. The van der Waals surface area contributed by atoms with Gasteiger partial charge in [0.2, 0.25) is 0 Å². The molecular weight excluding hydrogens is 434 g/mol. The number of hydrogen-bond donors (Lipinski definition) is 0. The molecule has 2 atom stereocenters. The van der Waals surface area contributed by atoms with Gasteiger partial charge in [-0.15, -0.1) is 0 Å². The Balaban J connectivity index is 1.27. The van der Waals surface area contributed by atoms with Gasteiger partial charge in [-0.05, 0) is 23.3 Å². The van der Waals surface area contributed by atoms with E-state index in [1.807, 2.05) is 48.6 Å². The fourth-order valence-corrected chi connectivity index (χ4v) is 4.40. The molecule has 0 amide bonds. The summed E-state index contributed by atoms with van der Waals surface area (Å²) in [7, 11) is 0. The summed E-state index contributed by atoms with van der Waals surface area (Å²) in [5.74, 6) is -0.320. The summed E-state index contributed by atoms with van der Waals surface area (Å²) in [6.07, 6.45) is 5.88. The molecule has 2 aliphatic rings. The van der Waals surface area contributed by atoms with Crippen LogP contribution in [0.2, 0.25) is 0 Å². The number of hydrogen-bond acceptors (Lipinski definition) is 5. The first-order valence-electron chi connectivity index (χ1n) is 11.3. The molecule has 0 radical (unpaired) electrons. The quantitative estimate of drug-likeness (QED) is 0.418. The summed E-state index contributed by atoms with van der Waals surface area (Å²) in [5.41, 5.74) is 1.75. The highest BCUT2D eigenvalue weighted by atomic mass is 16.5. The fourth-order valence-electron chi connectivity index (χ4n) is 4.40. The number of para-hydroxylation sites is 1. The van der Waals surface area contributed by atoms with Crippen LogP contribution >= 0.6 is 0 Å². The largest absolute Gasteiger partial charge is 0.461 e. The number of carbonyl (C=O) groups excluding carboxylic acids is 1. The van der Waals surface area contributed by atoms with Gasteiger partial charge in [0.1, 0.15) is 6.61 Å². The van der Waals surface area contributed by atoms with Gasteiger partial charge in [0.25, 0.3) is 0 Å². The maximum atomic E-state index is 13.2. The lowest BCUT2D eigenvalue weighted by atomic mass is 9.96. The first kappa shape index (κ1) is 21.9. The minimum Gasteiger partial charge on any atom is -0.461 e. The second-order valence-corrected chi connectivity index (χ2v) is 8.32. The van der Waals surface area contributed by atoms with Gasteiger partial charge in [-0.25, -0.2) is 23.5 Å². The molecule has 0 aliphatic carbocycles. The van der Waals surface area contributed by atoms with Crippen molar-refractivity contribution in [3.63, 3.8) is 0 Å². The van der Waals surface area contributed by atoms with E-state index in [1.54, 1.807) is 35.0 Å². The average Bonchev–Trinajstić information content (AvgIpc) is 3.13. The van der Waals surface area contributed by atoms with Crippen molar-refractivity contribution >= 4 is 5.97 Å². The van der Waals surface area contributed by atoms with Crippen LogP contribution in [0.25, 0.3) is 5.69 Å². The van der Waals surface area contributed by atoms with Crippen LogP contribution in [-0.2, 0) is 27.4 Å². The first-order valence-corrected chi connectivity index (χ1v) is 11.3. The smallest absolute Gasteiger partial charge is 0.352 e. The van der Waals surface area contributed by atoms with Crippen molar-refractivity contribution in [2.75, 3.05) is 6.61 Å². The minimum atomic E-state index is -0.360. The van der Waals surface area contributed by atoms with Gasteiger partial charge in [-0.1, -0.05) is 66.8 Å². The molecule has 0 spiro atoms. The van der Waals surface area contributed by atoms with E-state index in [-0.39, 0.29) is 42.5 Å². The number of carbonyl (C=O) groups is 1. The Morgan fingerprint density at radius 2 is 1.76 bits per heavy atom. The number of esters is 1. The zero-order valence-electron chi connectivity index (χ0n) is 18.6. The van der Waals surface area contributed by atoms with Crippen LogP contribution in [0.1, 0.15) is 24.4 Å². The molecule has 0 saturated carbocycles. The molecule has 8 nitrogen and oxygen atoms in total. The van der Waals surface area contributed by atoms with Crippen LogP contribution < -0.4 is 11.4 Å². The maximum Gasteiger partial charge on any atom is 0.352 e. The van der Waals surface area contributed by atoms with Gasteiger partial charge in [0.15, 0.2) is 0 Å². The topological polar surface area (TPSA) is 84.5 Å². The fraction of sp³-hybridized carbons (Fsp3) is 0.269. The molecule has 0 unspecified atom stereocenters. The summed E-state index contributed by atoms with van der Waals surface area (Å²) >= 11 is 0. The van der Waals surface area contributed by atoms with Gasteiger partial charge in [-0.2, -0.15) is 0 Å². The van der Waals surface area contributed by atoms with E-state index >= 15 is 0 Å². The lowest BCUT2D eigenvalue weighted by Crippen LogP contribution is -2.40. The molecule has 2 aliphatic heterocycles. The second kappa shape index (κ2) is 9.52. The number of nitrogens with zero attached hydrogens (tertiary/aromatic N) is 3. The van der Waals surface area contributed by atoms with E-state index < -0.39 is 0 Å². The van der Waals surface area contributed by atoms with Gasteiger partial charge in [-0.3, -0.25) is 4.79 Å². The highest BCUT2D eigenvalue weighted by molar-refractivity contribution is 5.71. The number of aromatic nitrogens is 3. The molecule has 5 rings (SSSR count). The summed E-state index contributed by atoms with van der Waals surface area (Å²) in [4.78, 5) is 38.3. The minimum absolute atomic E-state index is 0.134. The molecule has 3 heterocycles. The van der Waals surface area contributed by atoms with Crippen LogP contribution in [0.3, 0.4) is 0 Å². The third-order valence-corrected chi connectivity index (χ3v) is 6.12. The van der Waals surface area contributed by atoms with E-state index in [4.69, 9.17) is 9.47 Å². The zero-order valence-corrected chi connectivity index (χ0v) is 18.6. The standard InChI is InChI=1S/C26H25N3O5/c30-24(34-17-19-8-3-1-4-9-19)13-7-12-22-16-23-20(18-33-22)14-15-27-25(31)28(26(32)29(23)27)21-10-5-2-6-11-21/h1-12,14,22-23H,13,15-18H2/b12-7+/t22-,23+/m1/s1. The van der Waals surface area contributed by atoms with E-state index in [9.17, 15) is 14.4 Å². The Labute approximate surface area is 195 Å². The van der Waals surface area contributed by atoms with Crippen molar-refractivity contribution in [2.45, 2.75) is 38.1 Å². The predicted octanol–water partition coefficient (Wildman–Crippen LogP) is 2.76. The number of allylic oxidation sites excluding steroid dienone is 1. The number of rotatable bonds is 6. The molecule has 1 fully saturated rings. The van der Waals surface area contributed by atoms with Crippen molar-refractivity contribution in [3.8, 4) is 5.69 Å². The molecule has 1 saturated heterocycles. The van der Waals surface area contributed by atoms with Gasteiger partial charge >= 0.3 is 17.3 Å². The molecule has 0 bridgehead atoms. The molecule has 174 valence electrons. The summed E-state index contributed by atoms with van der Waals surface area (Å²) in [5, 5.41) is 0. The molecule has 8 heteroatoms. The monoisotopic (exact) mass is 459 g/mol. The number of fused-ring (bicyclic) bond motifs is 3. The van der Waals surface area contributed by atoms with Crippen molar-refractivity contribution in [1.29, 1.82) is 0 Å². The van der Waals surface area contributed by atoms with Crippen molar-refractivity contribution in [2.24, 2.45) is 0 Å². The third kappa shape index (κ3) is 4.32. The van der Waals surface area contributed by atoms with Crippen LogP contribution in [0.15, 0.2) is 94.1 Å². The molecular formula is C26H25N3O5. The molecule has 2 aromatic carbocycles. The number of benzene rings is 2. The Morgan fingerprint density at radius 3 is 2.53 bits per heavy atom. The van der Waals surface area contributed by atoms with Gasteiger partial charge in [0, 0.05) is 6.42 Å². The van der Waals surface area contributed by atoms with Crippen molar-refractivity contribution in [1.82, 2.24) is 13.9 Å². The van der Waals surface area contributed by atoms with Crippen LogP contribution in [0.5, 0.6) is 0 Å². The highest BCUT2D eigenvalue weighted by Crippen LogP contribution is 2.31. The van der Waals surface area contributed by atoms with Crippen LogP contribution in [0.4, 0.5) is 0 Å². The van der Waals surface area contributed by atoms with E-state index in [0.717, 1.165) is 11.1 Å². The third-order valence-electron chi connectivity index (χ3n) is 6.12. The van der Waals surface area contributed by atoms with Crippen molar-refractivity contribution < 1.29 is 14.3 Å². The number of ether oxygens (including phenoxy) is 2. The predicted molar refractivity (Wildman–Crippen MR) is 126 cm³/mol. The average molecular weight is 460 g/mol. The lowest BCUT2D eigenvalue weighted by molar-refractivity contribution is -0.143. The molecule has 3 aromatic rings. The lowest BCUT2D eigenvalue weighted by Gasteiger charge is -2.34. The second-order valence-electron chi connectivity index (χ2n) is 8.32. The Kier molecular flexibility index (Phi) is 6.14. The summed E-state index contributed by atoms with van der Waals surface area (Å²) < 4.78 is 15.5. The van der Waals surface area contributed by atoms with Crippen LogP contribution in [0, 0.1) is 0 Å². The van der Waals surface area contributed by atoms with E-state index in [2.05, 4.69) is 0 Å². The van der Waals surface area contributed by atoms with Gasteiger partial charge < -0.3 is 9.47 Å². The van der Waals surface area contributed by atoms with E-state index in [1.165, 1.54) is 9.25 Å². The normalized spacial score (nSPS) is 19.4.